The van der Waals surface area contributed by atoms with E-state index >= 15 is 0 Å². The quantitative estimate of drug-likeness (QED) is 0.0401. The summed E-state index contributed by atoms with van der Waals surface area (Å²) in [5.74, 6) is -0.129. The summed E-state index contributed by atoms with van der Waals surface area (Å²) in [5.41, 5.74) is 30.0. The number of benzene rings is 4. The molecule has 2 heterocycles. The minimum Gasteiger partial charge on any atom is -0.444 e. The molecule has 0 radical (unpaired) electrons. The Labute approximate surface area is 428 Å². The lowest BCUT2D eigenvalue weighted by molar-refractivity contribution is -0.0294. The number of hydrogen-bond donors (Lipinski definition) is 6. The normalized spacial score (nSPS) is 11.0. The van der Waals surface area contributed by atoms with Crippen molar-refractivity contribution in [3.63, 3.8) is 0 Å². The second-order valence-corrected chi connectivity index (χ2v) is 19.7. The predicted molar refractivity (Wildman–Crippen MR) is 282 cm³/mol. The van der Waals surface area contributed by atoms with E-state index in [0.29, 0.717) is 56.3 Å². The lowest BCUT2D eigenvalue weighted by Gasteiger charge is -2.20. The average molecular weight is 1010 g/mol. The SMILES string of the molecule is CC(C)(C)OC(=O)NCc1ccc(CN)cc1.CC(C)(C)OC(=O)OC(=O)OC(C)(C)C.NCc1ccc(CN)cc1.NCc1ccc(CNC(=O)c2ccnc(Cc3ccc4ncc(Cl)cc4c3)c2)cc1. The van der Waals surface area contributed by atoms with Crippen molar-refractivity contribution >= 4 is 46.8 Å². The number of alkyl carbamates (subject to hydrolysis) is 1. The molecule has 0 atom stereocenters. The summed E-state index contributed by atoms with van der Waals surface area (Å²) in [7, 11) is 0. The van der Waals surface area contributed by atoms with Gasteiger partial charge in [0.25, 0.3) is 5.91 Å². The zero-order valence-corrected chi connectivity index (χ0v) is 43.6. The Balaban J connectivity index is 0.000000278. The molecule has 0 saturated heterocycles. The van der Waals surface area contributed by atoms with E-state index in [4.69, 9.17) is 48.7 Å². The minimum atomic E-state index is -1.06. The number of aromatic nitrogens is 2. The van der Waals surface area contributed by atoms with Crippen molar-refractivity contribution in [1.82, 2.24) is 20.6 Å². The number of amides is 2. The van der Waals surface area contributed by atoms with Crippen molar-refractivity contribution in [2.45, 2.75) is 125 Å². The highest BCUT2D eigenvalue weighted by Gasteiger charge is 2.24. The molecule has 0 aliphatic heterocycles. The molecule has 2 aromatic heterocycles. The molecule has 10 N–H and O–H groups in total. The van der Waals surface area contributed by atoms with Crippen LogP contribution in [-0.4, -0.2) is 51.1 Å². The first-order valence-electron chi connectivity index (χ1n) is 23.3. The number of carbonyl (C=O) groups excluding carboxylic acids is 4. The second-order valence-electron chi connectivity index (χ2n) is 19.2. The van der Waals surface area contributed by atoms with Crippen LogP contribution in [0.4, 0.5) is 14.4 Å². The van der Waals surface area contributed by atoms with Gasteiger partial charge in [0.1, 0.15) is 16.8 Å². The van der Waals surface area contributed by atoms with Gasteiger partial charge < -0.3 is 52.5 Å². The third kappa shape index (κ3) is 24.3. The van der Waals surface area contributed by atoms with Crippen molar-refractivity contribution in [2.24, 2.45) is 22.9 Å². The van der Waals surface area contributed by atoms with Gasteiger partial charge in [-0.15, -0.1) is 0 Å². The van der Waals surface area contributed by atoms with E-state index in [2.05, 4.69) is 25.3 Å². The van der Waals surface area contributed by atoms with Gasteiger partial charge in [-0.2, -0.15) is 0 Å². The summed E-state index contributed by atoms with van der Waals surface area (Å²) >= 11 is 6.05. The third-order valence-electron chi connectivity index (χ3n) is 9.42. The number of nitrogens with zero attached hydrogens (tertiary/aromatic N) is 2. The molecular weight excluding hydrogens is 936 g/mol. The monoisotopic (exact) mass is 1010 g/mol. The van der Waals surface area contributed by atoms with E-state index in [1.54, 1.807) is 60.0 Å². The first kappa shape index (κ1) is 59.4. The molecule has 17 heteroatoms. The number of ether oxygens (including phenoxy) is 4. The number of nitrogens with two attached hydrogens (primary N) is 4. The number of rotatable bonds is 11. The maximum absolute atomic E-state index is 12.6. The van der Waals surface area contributed by atoms with Crippen molar-refractivity contribution in [3.8, 4) is 0 Å². The van der Waals surface area contributed by atoms with Crippen LogP contribution in [0, 0.1) is 0 Å². The maximum atomic E-state index is 12.6. The molecule has 6 aromatic rings. The molecule has 2 amide bonds. The molecule has 0 saturated carbocycles. The van der Waals surface area contributed by atoms with Crippen molar-refractivity contribution in [1.29, 1.82) is 0 Å². The summed E-state index contributed by atoms with van der Waals surface area (Å²) in [6.07, 6.45) is 1.40. The van der Waals surface area contributed by atoms with Gasteiger partial charge in [-0.1, -0.05) is 90.5 Å². The molecule has 6 rings (SSSR count). The number of halogens is 1. The van der Waals surface area contributed by atoms with E-state index in [-0.39, 0.29) is 5.91 Å². The molecule has 0 spiro atoms. The number of hydrogen-bond acceptors (Lipinski definition) is 14. The highest BCUT2D eigenvalue weighted by molar-refractivity contribution is 6.31. The molecule has 72 heavy (non-hydrogen) atoms. The van der Waals surface area contributed by atoms with Gasteiger partial charge >= 0.3 is 18.4 Å². The van der Waals surface area contributed by atoms with Crippen LogP contribution in [0.3, 0.4) is 0 Å². The highest BCUT2D eigenvalue weighted by Crippen LogP contribution is 2.20. The van der Waals surface area contributed by atoms with Crippen LogP contribution < -0.4 is 33.6 Å². The van der Waals surface area contributed by atoms with Gasteiger partial charge in [-0.3, -0.25) is 14.8 Å². The number of nitrogens with one attached hydrogen (secondary N) is 2. The van der Waals surface area contributed by atoms with E-state index in [1.807, 2.05) is 124 Å². The smallest absolute Gasteiger partial charge is 0.444 e. The van der Waals surface area contributed by atoms with Crippen LogP contribution in [0.2, 0.25) is 5.02 Å². The van der Waals surface area contributed by atoms with E-state index in [9.17, 15) is 19.2 Å². The molecule has 0 unspecified atom stereocenters. The van der Waals surface area contributed by atoms with Crippen molar-refractivity contribution in [3.05, 3.63) is 177 Å². The van der Waals surface area contributed by atoms with Gasteiger partial charge in [-0.05, 0) is 132 Å². The third-order valence-corrected chi connectivity index (χ3v) is 9.63. The van der Waals surface area contributed by atoms with Crippen molar-refractivity contribution in [2.75, 3.05) is 0 Å². The van der Waals surface area contributed by atoms with Crippen molar-refractivity contribution < 1.29 is 38.1 Å². The summed E-state index contributed by atoms with van der Waals surface area (Å²) in [6.45, 7) is 18.7. The molecule has 16 nitrogen and oxygen atoms in total. The molecule has 0 aliphatic carbocycles. The van der Waals surface area contributed by atoms with Gasteiger partial charge in [-0.25, -0.2) is 14.4 Å². The Bertz CT molecular complexity index is 2600. The molecule has 0 bridgehead atoms. The Morgan fingerprint density at radius 3 is 1.36 bits per heavy atom. The van der Waals surface area contributed by atoms with Gasteiger partial charge in [0, 0.05) is 74.7 Å². The molecular formula is C55H71ClN8O8. The van der Waals surface area contributed by atoms with Crippen LogP contribution in [0.5, 0.6) is 0 Å². The summed E-state index contributed by atoms with van der Waals surface area (Å²) in [4.78, 5) is 54.7. The largest absolute Gasteiger partial charge is 0.519 e. The zero-order chi connectivity index (χ0) is 53.5. The Morgan fingerprint density at radius 2 is 0.931 bits per heavy atom. The fourth-order valence-corrected chi connectivity index (χ4v) is 6.14. The van der Waals surface area contributed by atoms with Gasteiger partial charge in [0.05, 0.1) is 10.5 Å². The van der Waals surface area contributed by atoms with Gasteiger partial charge in [0.15, 0.2) is 0 Å². The Morgan fingerprint density at radius 1 is 0.514 bits per heavy atom. The number of fused-ring (bicyclic) bond motifs is 1. The number of carbonyl (C=O) groups is 4. The van der Waals surface area contributed by atoms with Crippen LogP contribution in [0.25, 0.3) is 10.9 Å². The zero-order valence-electron chi connectivity index (χ0n) is 42.8. The fraction of sp³-hybridized carbons (Fsp3) is 0.345. The summed E-state index contributed by atoms with van der Waals surface area (Å²) in [6, 6.07) is 35.2. The molecule has 4 aromatic carbocycles. The van der Waals surface area contributed by atoms with E-state index < -0.39 is 35.2 Å². The lowest BCUT2D eigenvalue weighted by Crippen LogP contribution is -2.32. The Kier molecular flexibility index (Phi) is 23.7. The summed E-state index contributed by atoms with van der Waals surface area (Å²) in [5, 5.41) is 7.24. The Hall–Kier alpha value is -6.95. The maximum Gasteiger partial charge on any atom is 0.519 e. The van der Waals surface area contributed by atoms with E-state index in [1.165, 1.54) is 0 Å². The molecule has 0 aliphatic rings. The second kappa shape index (κ2) is 28.8. The van der Waals surface area contributed by atoms with Crippen LogP contribution >= 0.6 is 11.6 Å². The standard InChI is InChI=1S/C24H21ClN4O.C13H20N2O2.C10H18O5.C8H12N2/c25-21-11-20-9-18(5-6-23(20)28-15-21)10-22-12-19(7-8-27-22)24(30)29-14-17-3-1-16(13-26)2-4-17;1-13(2,3)17-12(16)15-9-11-6-4-10(8-14)5-7-11;1-9(2,3)14-7(11)13-8(12)15-10(4,5)6;9-5-7-1-2-8(6-10)4-3-7/h1-9,11-12,15H,10,13-14,26H2,(H,29,30);4-7H,8-9,14H2,1-3H3,(H,15,16);1-6H3;1-4H,5-6,9-10H2. The minimum absolute atomic E-state index is 0.129. The predicted octanol–water partition coefficient (Wildman–Crippen LogP) is 9.91. The number of pyridine rings is 2. The highest BCUT2D eigenvalue weighted by atomic mass is 35.5. The topological polar surface area (TPSA) is 259 Å². The average Bonchev–Trinajstić information content (AvgIpc) is 3.31. The van der Waals surface area contributed by atoms with Crippen LogP contribution in [0.1, 0.15) is 117 Å². The van der Waals surface area contributed by atoms with Crippen LogP contribution in [-0.2, 0) is 64.6 Å². The van der Waals surface area contributed by atoms with Crippen LogP contribution in [0.15, 0.2) is 122 Å². The first-order valence-corrected chi connectivity index (χ1v) is 23.7. The molecule has 386 valence electrons. The van der Waals surface area contributed by atoms with E-state index in [0.717, 1.165) is 55.5 Å². The van der Waals surface area contributed by atoms with Gasteiger partial charge in [0.2, 0.25) is 0 Å². The lowest BCUT2D eigenvalue weighted by atomic mass is 10.0. The first-order chi connectivity index (χ1) is 33.9. The molecule has 0 fully saturated rings. The fourth-order valence-electron chi connectivity index (χ4n) is 5.97. The summed E-state index contributed by atoms with van der Waals surface area (Å²) < 4.78 is 18.9.